The summed E-state index contributed by atoms with van der Waals surface area (Å²) in [4.78, 5) is 24.6. The Hall–Kier alpha value is -2.89. The molecule has 0 fully saturated rings. The van der Waals surface area contributed by atoms with Crippen molar-refractivity contribution < 1.29 is 4.79 Å². The zero-order chi connectivity index (χ0) is 17.6. The van der Waals surface area contributed by atoms with Crippen LogP contribution in [0.25, 0.3) is 22.2 Å². The number of nitrogens with one attached hydrogen (secondary N) is 3. The molecule has 6 heteroatoms. The fraction of sp³-hybridized carbons (Fsp3) is 0.316. The predicted octanol–water partition coefficient (Wildman–Crippen LogP) is 3.12. The maximum Gasteiger partial charge on any atom is 0.253 e. The molecule has 25 heavy (non-hydrogen) atoms. The first-order chi connectivity index (χ1) is 11.9. The van der Waals surface area contributed by atoms with Crippen molar-refractivity contribution in [2.24, 2.45) is 0 Å². The Labute approximate surface area is 146 Å². The summed E-state index contributed by atoms with van der Waals surface area (Å²) in [5.41, 5.74) is 4.33. The minimum Gasteiger partial charge on any atom is -0.358 e. The van der Waals surface area contributed by atoms with Crippen molar-refractivity contribution in [2.75, 3.05) is 11.9 Å². The fourth-order valence-electron chi connectivity index (χ4n) is 3.11. The van der Waals surface area contributed by atoms with E-state index in [1.807, 2.05) is 30.5 Å². The lowest BCUT2D eigenvalue weighted by Gasteiger charge is -2.20. The Morgan fingerprint density at radius 1 is 1.20 bits per heavy atom. The van der Waals surface area contributed by atoms with Crippen LogP contribution >= 0.6 is 0 Å². The van der Waals surface area contributed by atoms with Gasteiger partial charge in [-0.3, -0.25) is 4.79 Å². The molecule has 1 aromatic carbocycles. The summed E-state index contributed by atoms with van der Waals surface area (Å²) in [6, 6.07) is 7.91. The highest BCUT2D eigenvalue weighted by atomic mass is 16.1. The lowest BCUT2D eigenvalue weighted by molar-refractivity contribution is 0.0946. The second kappa shape index (κ2) is 5.58. The lowest BCUT2D eigenvalue weighted by Crippen LogP contribution is -2.31. The van der Waals surface area contributed by atoms with Crippen molar-refractivity contribution >= 4 is 22.8 Å². The largest absolute Gasteiger partial charge is 0.358 e. The second-order valence-corrected chi connectivity index (χ2v) is 7.39. The number of carbonyl (C=O) groups is 1. The van der Waals surface area contributed by atoms with Crippen molar-refractivity contribution in [1.82, 2.24) is 20.3 Å². The summed E-state index contributed by atoms with van der Waals surface area (Å²) in [5.74, 6) is 0.579. The average molecular weight is 335 g/mol. The number of fused-ring (bicyclic) bond motifs is 2. The lowest BCUT2D eigenvalue weighted by atomic mass is 10.1. The highest BCUT2D eigenvalue weighted by Gasteiger charge is 2.21. The Morgan fingerprint density at radius 3 is 2.80 bits per heavy atom. The zero-order valence-electron chi connectivity index (χ0n) is 14.6. The monoisotopic (exact) mass is 335 g/mol. The molecule has 1 aliphatic heterocycles. The summed E-state index contributed by atoms with van der Waals surface area (Å²) >= 11 is 0. The van der Waals surface area contributed by atoms with Crippen LogP contribution in [-0.4, -0.2) is 32.9 Å². The molecule has 1 amide bonds. The van der Waals surface area contributed by atoms with Crippen LogP contribution < -0.4 is 10.6 Å². The summed E-state index contributed by atoms with van der Waals surface area (Å²) in [7, 11) is 0. The first-order valence-corrected chi connectivity index (χ1v) is 8.45. The summed E-state index contributed by atoms with van der Waals surface area (Å²) < 4.78 is 0. The van der Waals surface area contributed by atoms with Gasteiger partial charge in [-0.25, -0.2) is 9.97 Å². The molecule has 3 heterocycles. The molecule has 128 valence electrons. The van der Waals surface area contributed by atoms with Crippen molar-refractivity contribution in [1.29, 1.82) is 0 Å². The SMILES string of the molecule is CC(C)(C)Nc1ncc2cccc(-c3cc4c([nH]3)CCNC4=O)c2n1. The van der Waals surface area contributed by atoms with Crippen molar-refractivity contribution in [2.45, 2.75) is 32.7 Å². The second-order valence-electron chi connectivity index (χ2n) is 7.39. The van der Waals surface area contributed by atoms with Gasteiger partial charge < -0.3 is 15.6 Å². The Bertz CT molecular complexity index is 968. The van der Waals surface area contributed by atoms with Crippen molar-refractivity contribution in [3.8, 4) is 11.3 Å². The number of aromatic amines is 1. The number of rotatable bonds is 2. The Morgan fingerprint density at radius 2 is 2.04 bits per heavy atom. The molecule has 2 aromatic heterocycles. The molecular weight excluding hydrogens is 314 g/mol. The molecule has 0 aliphatic carbocycles. The van der Waals surface area contributed by atoms with Gasteiger partial charge in [0, 0.05) is 47.0 Å². The van der Waals surface area contributed by atoms with Crippen LogP contribution in [-0.2, 0) is 6.42 Å². The highest BCUT2D eigenvalue weighted by molar-refractivity contribution is 6.00. The van der Waals surface area contributed by atoms with Gasteiger partial charge in [0.1, 0.15) is 0 Å². The van der Waals surface area contributed by atoms with Gasteiger partial charge in [-0.2, -0.15) is 0 Å². The number of amides is 1. The van der Waals surface area contributed by atoms with E-state index in [-0.39, 0.29) is 11.4 Å². The summed E-state index contributed by atoms with van der Waals surface area (Å²) in [6.07, 6.45) is 2.65. The molecule has 0 saturated carbocycles. The highest BCUT2D eigenvalue weighted by Crippen LogP contribution is 2.30. The number of nitrogens with zero attached hydrogens (tertiary/aromatic N) is 2. The first-order valence-electron chi connectivity index (χ1n) is 8.45. The molecule has 0 spiro atoms. The van der Waals surface area contributed by atoms with Crippen molar-refractivity contribution in [3.63, 3.8) is 0 Å². The van der Waals surface area contributed by atoms with Gasteiger partial charge in [-0.15, -0.1) is 0 Å². The van der Waals surface area contributed by atoms with E-state index in [1.165, 1.54) is 0 Å². The summed E-state index contributed by atoms with van der Waals surface area (Å²) in [6.45, 7) is 6.89. The van der Waals surface area contributed by atoms with E-state index in [0.717, 1.165) is 39.8 Å². The van der Waals surface area contributed by atoms with E-state index in [4.69, 9.17) is 4.98 Å². The number of carbonyl (C=O) groups excluding carboxylic acids is 1. The zero-order valence-corrected chi connectivity index (χ0v) is 14.6. The van der Waals surface area contributed by atoms with Crippen molar-refractivity contribution in [3.05, 3.63) is 41.7 Å². The number of benzene rings is 1. The molecule has 6 nitrogen and oxygen atoms in total. The van der Waals surface area contributed by atoms with E-state index in [2.05, 4.69) is 41.4 Å². The Balaban J connectivity index is 1.84. The van der Waals surface area contributed by atoms with Crippen LogP contribution in [0.1, 0.15) is 36.8 Å². The van der Waals surface area contributed by atoms with Gasteiger partial charge in [0.05, 0.1) is 11.1 Å². The van der Waals surface area contributed by atoms with Crippen LogP contribution in [0.15, 0.2) is 30.5 Å². The van der Waals surface area contributed by atoms with Crippen LogP contribution in [0.5, 0.6) is 0 Å². The van der Waals surface area contributed by atoms with Gasteiger partial charge in [-0.05, 0) is 26.8 Å². The normalized spacial score (nSPS) is 14.3. The topological polar surface area (TPSA) is 82.7 Å². The third kappa shape index (κ3) is 2.95. The molecule has 4 rings (SSSR count). The molecule has 0 atom stereocenters. The fourth-order valence-corrected chi connectivity index (χ4v) is 3.11. The molecular formula is C19H21N5O. The van der Waals surface area contributed by atoms with Gasteiger partial charge in [-0.1, -0.05) is 18.2 Å². The number of hydrogen-bond acceptors (Lipinski definition) is 4. The summed E-state index contributed by atoms with van der Waals surface area (Å²) in [5, 5.41) is 7.16. The average Bonchev–Trinajstić information content (AvgIpc) is 2.98. The maximum absolute atomic E-state index is 12.0. The minimum atomic E-state index is -0.119. The van der Waals surface area contributed by atoms with Gasteiger partial charge in [0.25, 0.3) is 5.91 Å². The third-order valence-electron chi connectivity index (χ3n) is 4.19. The van der Waals surface area contributed by atoms with Gasteiger partial charge >= 0.3 is 0 Å². The van der Waals surface area contributed by atoms with E-state index in [9.17, 15) is 4.79 Å². The van der Waals surface area contributed by atoms with E-state index < -0.39 is 0 Å². The van der Waals surface area contributed by atoms with Crippen LogP contribution in [0.4, 0.5) is 5.95 Å². The van der Waals surface area contributed by atoms with Crippen LogP contribution in [0.2, 0.25) is 0 Å². The number of anilines is 1. The van der Waals surface area contributed by atoms with E-state index in [0.29, 0.717) is 12.5 Å². The van der Waals surface area contributed by atoms with Gasteiger partial charge in [0.2, 0.25) is 5.95 Å². The minimum absolute atomic E-state index is 0.0197. The number of para-hydroxylation sites is 1. The smallest absolute Gasteiger partial charge is 0.253 e. The number of H-pyrrole nitrogens is 1. The standard InChI is InChI=1S/C19H21N5O/c1-19(2,3)24-18-21-10-11-5-4-6-12(16(11)23-18)15-9-13-14(22-15)7-8-20-17(13)25/h4-6,9-10,22H,7-8H2,1-3H3,(H,20,25)(H,21,23,24). The number of aromatic nitrogens is 3. The molecule has 3 aromatic rings. The quantitative estimate of drug-likeness (QED) is 0.672. The molecule has 0 bridgehead atoms. The van der Waals surface area contributed by atoms with E-state index in [1.54, 1.807) is 0 Å². The first kappa shape index (κ1) is 15.6. The van der Waals surface area contributed by atoms with Crippen LogP contribution in [0.3, 0.4) is 0 Å². The Kier molecular flexibility index (Phi) is 3.49. The molecule has 3 N–H and O–H groups in total. The van der Waals surface area contributed by atoms with E-state index >= 15 is 0 Å². The third-order valence-corrected chi connectivity index (χ3v) is 4.19. The molecule has 0 radical (unpaired) electrons. The maximum atomic E-state index is 12.0. The molecule has 0 unspecified atom stereocenters. The van der Waals surface area contributed by atoms with Gasteiger partial charge in [0.15, 0.2) is 0 Å². The predicted molar refractivity (Wildman–Crippen MR) is 98.7 cm³/mol. The molecule has 0 saturated heterocycles. The van der Waals surface area contributed by atoms with Crippen LogP contribution in [0, 0.1) is 0 Å². The number of hydrogen-bond donors (Lipinski definition) is 3. The molecule has 1 aliphatic rings.